The lowest BCUT2D eigenvalue weighted by Crippen LogP contribution is -2.38. The van der Waals surface area contributed by atoms with Crippen LogP contribution in [0.3, 0.4) is 0 Å². The molecule has 0 saturated carbocycles. The molecule has 0 aliphatic carbocycles. The van der Waals surface area contributed by atoms with E-state index in [9.17, 15) is 0 Å². The molecule has 9 heteroatoms. The maximum Gasteiger partial charge on any atom is 0.232 e. The molecule has 9 nitrogen and oxygen atoms in total. The zero-order valence-corrected chi connectivity index (χ0v) is 22.6. The Morgan fingerprint density at radius 1 is 0.919 bits per heavy atom. The Morgan fingerprint density at radius 2 is 1.59 bits per heavy atom. The van der Waals surface area contributed by atoms with E-state index in [1.54, 1.807) is 0 Å². The fourth-order valence-electron chi connectivity index (χ4n) is 4.47. The first-order valence-electron chi connectivity index (χ1n) is 13.1. The molecule has 0 amide bonds. The summed E-state index contributed by atoms with van der Waals surface area (Å²) < 4.78 is 14.6. The molecule has 0 unspecified atom stereocenters. The van der Waals surface area contributed by atoms with Crippen molar-refractivity contribution in [3.8, 4) is 22.5 Å². The molecule has 37 heavy (non-hydrogen) atoms. The third kappa shape index (κ3) is 6.11. The van der Waals surface area contributed by atoms with E-state index in [2.05, 4.69) is 64.8 Å². The molecular weight excluding hydrogens is 466 g/mol. The molecule has 2 aromatic carbocycles. The van der Waals surface area contributed by atoms with Crippen LogP contribution in [0.1, 0.15) is 71.6 Å². The van der Waals surface area contributed by atoms with Crippen LogP contribution in [0.5, 0.6) is 0 Å². The smallest absolute Gasteiger partial charge is 0.232 e. The van der Waals surface area contributed by atoms with Gasteiger partial charge in [-0.15, -0.1) is 10.2 Å². The first-order chi connectivity index (χ1) is 17.8. The van der Waals surface area contributed by atoms with Crippen LogP contribution in [0, 0.1) is 0 Å². The molecule has 0 bridgehead atoms. The van der Waals surface area contributed by atoms with Gasteiger partial charge in [0.05, 0.1) is 12.2 Å². The Labute approximate surface area is 218 Å². The molecule has 0 aliphatic rings. The second kappa shape index (κ2) is 11.7. The van der Waals surface area contributed by atoms with Crippen molar-refractivity contribution >= 4 is 0 Å². The van der Waals surface area contributed by atoms with Gasteiger partial charge in [0.2, 0.25) is 17.4 Å². The Balaban J connectivity index is 1.63. The average Bonchev–Trinajstić information content (AvgIpc) is 3.55. The largest absolute Gasteiger partial charge is 0.341 e. The van der Waals surface area contributed by atoms with E-state index in [-0.39, 0.29) is 12.2 Å². The van der Waals surface area contributed by atoms with Crippen molar-refractivity contribution in [2.24, 2.45) is 0 Å². The summed E-state index contributed by atoms with van der Waals surface area (Å²) in [6, 6.07) is 16.6. The second-order valence-electron chi connectivity index (χ2n) is 9.67. The molecule has 4 aromatic rings. The van der Waals surface area contributed by atoms with E-state index in [4.69, 9.17) is 19.6 Å². The van der Waals surface area contributed by atoms with Crippen molar-refractivity contribution in [2.45, 2.75) is 85.3 Å². The van der Waals surface area contributed by atoms with Crippen LogP contribution in [0.25, 0.3) is 22.5 Å². The van der Waals surface area contributed by atoms with Gasteiger partial charge in [0.15, 0.2) is 0 Å². The average molecular weight is 504 g/mol. The number of nitrogens with one attached hydrogen (secondary N) is 1. The molecule has 0 spiro atoms. The van der Waals surface area contributed by atoms with Crippen molar-refractivity contribution in [1.82, 2.24) is 35.4 Å². The second-order valence-corrected chi connectivity index (χ2v) is 9.67. The van der Waals surface area contributed by atoms with Gasteiger partial charge in [0.25, 0.3) is 0 Å². The van der Waals surface area contributed by atoms with E-state index >= 15 is 0 Å². The topological polar surface area (TPSA) is 104 Å². The predicted molar refractivity (Wildman–Crippen MR) is 143 cm³/mol. The summed E-state index contributed by atoms with van der Waals surface area (Å²) in [5.74, 6) is 1.09. The number of aryl methyl sites for hydroxylation is 1. The zero-order valence-electron chi connectivity index (χ0n) is 22.6. The summed E-state index contributed by atoms with van der Waals surface area (Å²) in [6.45, 7) is 13.0. The van der Waals surface area contributed by atoms with Crippen LogP contribution in [0.15, 0.2) is 48.5 Å². The monoisotopic (exact) mass is 503 g/mol. The fraction of sp³-hybridized carbons (Fsp3) is 0.464. The van der Waals surface area contributed by atoms with E-state index in [1.165, 1.54) is 0 Å². The molecule has 196 valence electrons. The van der Waals surface area contributed by atoms with Crippen molar-refractivity contribution < 1.29 is 9.47 Å². The highest BCUT2D eigenvalue weighted by molar-refractivity contribution is 5.80. The molecule has 0 fully saturated rings. The Hall–Kier alpha value is -3.43. The minimum atomic E-state index is -0.973. The number of nitrogens with zero attached hydrogens (tertiary/aromatic N) is 6. The Morgan fingerprint density at radius 3 is 2.16 bits per heavy atom. The highest BCUT2D eigenvalue weighted by Gasteiger charge is 2.39. The van der Waals surface area contributed by atoms with Crippen LogP contribution < -0.4 is 0 Å². The molecule has 0 saturated heterocycles. The molecule has 2 aromatic heterocycles. The number of hydrogen-bond acceptors (Lipinski definition) is 7. The molecule has 1 N–H and O–H groups in total. The Kier molecular flexibility index (Phi) is 8.45. The predicted octanol–water partition coefficient (Wildman–Crippen LogP) is 5.54. The molecule has 2 heterocycles. The minimum absolute atomic E-state index is 0.0249. The number of rotatable bonds is 12. The Bertz CT molecular complexity index is 1250. The first-order valence-corrected chi connectivity index (χ1v) is 13.1. The number of tetrazole rings is 1. The van der Waals surface area contributed by atoms with Crippen LogP contribution in [0.2, 0.25) is 0 Å². The normalized spacial score (nSPS) is 12.1. The van der Waals surface area contributed by atoms with E-state index in [0.717, 1.165) is 41.0 Å². The summed E-state index contributed by atoms with van der Waals surface area (Å²) in [5.41, 5.74) is 4.22. The lowest BCUT2D eigenvalue weighted by molar-refractivity contribution is -0.284. The lowest BCUT2D eigenvalue weighted by atomic mass is 9.98. The van der Waals surface area contributed by atoms with Crippen LogP contribution in [0.4, 0.5) is 0 Å². The summed E-state index contributed by atoms with van der Waals surface area (Å²) >= 11 is 0. The molecule has 4 rings (SSSR count). The van der Waals surface area contributed by atoms with Gasteiger partial charge in [-0.25, -0.2) is 9.67 Å². The number of benzene rings is 2. The van der Waals surface area contributed by atoms with Gasteiger partial charge in [0, 0.05) is 24.9 Å². The van der Waals surface area contributed by atoms with Gasteiger partial charge < -0.3 is 9.47 Å². The maximum atomic E-state index is 6.31. The van der Waals surface area contributed by atoms with E-state index in [1.807, 2.05) is 50.6 Å². The third-order valence-electron chi connectivity index (χ3n) is 5.98. The summed E-state index contributed by atoms with van der Waals surface area (Å²) in [4.78, 5) is 4.98. The molecular formula is C28H37N7O2. The summed E-state index contributed by atoms with van der Waals surface area (Å²) in [5, 5.41) is 19.4. The molecule has 0 aliphatic heterocycles. The highest BCUT2D eigenvalue weighted by Crippen LogP contribution is 2.33. The zero-order chi connectivity index (χ0) is 26.4. The lowest BCUT2D eigenvalue weighted by Gasteiger charge is -2.33. The maximum absolute atomic E-state index is 6.31. The third-order valence-corrected chi connectivity index (χ3v) is 5.98. The fourth-order valence-corrected chi connectivity index (χ4v) is 4.47. The van der Waals surface area contributed by atoms with Crippen molar-refractivity contribution in [3.63, 3.8) is 0 Å². The molecule has 0 atom stereocenters. The van der Waals surface area contributed by atoms with Crippen LogP contribution >= 0.6 is 0 Å². The van der Waals surface area contributed by atoms with Gasteiger partial charge in [-0.2, -0.15) is 10.3 Å². The van der Waals surface area contributed by atoms with Crippen LogP contribution in [-0.4, -0.2) is 47.6 Å². The van der Waals surface area contributed by atoms with Gasteiger partial charge in [-0.1, -0.05) is 62.4 Å². The van der Waals surface area contributed by atoms with Crippen LogP contribution in [-0.2, 0) is 28.2 Å². The van der Waals surface area contributed by atoms with E-state index < -0.39 is 5.79 Å². The highest BCUT2D eigenvalue weighted by atomic mass is 16.7. The quantitative estimate of drug-likeness (QED) is 0.253. The first kappa shape index (κ1) is 26.6. The standard InChI is InChI=1S/C28H37N7O2/c1-7-17-35-25(29-27(32-35)28(8-2,36-19(3)4)37-20(5)6)18-21-13-15-22(16-14-21)23-11-9-10-12-24(23)26-30-33-34-31-26/h9-16,19-20H,7-8,17-18H2,1-6H3,(H,30,31,33,34). The number of ether oxygens (including phenoxy) is 2. The van der Waals surface area contributed by atoms with Crippen molar-refractivity contribution in [3.05, 3.63) is 65.7 Å². The number of H-pyrrole nitrogens is 1. The van der Waals surface area contributed by atoms with Gasteiger partial charge >= 0.3 is 0 Å². The van der Waals surface area contributed by atoms with Crippen molar-refractivity contribution in [2.75, 3.05) is 0 Å². The van der Waals surface area contributed by atoms with Gasteiger partial charge in [0.1, 0.15) is 5.82 Å². The number of hydrogen-bond donors (Lipinski definition) is 1. The summed E-state index contributed by atoms with van der Waals surface area (Å²) in [6.07, 6.45) is 2.18. The molecule has 0 radical (unpaired) electrons. The van der Waals surface area contributed by atoms with Crippen molar-refractivity contribution in [1.29, 1.82) is 0 Å². The minimum Gasteiger partial charge on any atom is -0.341 e. The number of aromatic amines is 1. The SMILES string of the molecule is CCCn1nc(C(CC)(OC(C)C)OC(C)C)nc1Cc1ccc(-c2ccccc2-c2nn[nH]n2)cc1. The number of aromatic nitrogens is 7. The van der Waals surface area contributed by atoms with Gasteiger partial charge in [-0.05, 0) is 56.0 Å². The van der Waals surface area contributed by atoms with E-state index in [0.29, 0.717) is 24.5 Å². The van der Waals surface area contributed by atoms with Gasteiger partial charge in [-0.3, -0.25) is 0 Å². The summed E-state index contributed by atoms with van der Waals surface area (Å²) in [7, 11) is 0.